The van der Waals surface area contributed by atoms with Gasteiger partial charge in [-0.15, -0.1) is 23.5 Å². The van der Waals surface area contributed by atoms with Crippen LogP contribution in [-0.4, -0.2) is 60.5 Å². The standard InChI is InChI=1S/C24H28Br2N8O2S2/c1-29-3-5-37-21-15(27)7-13(25)9-17(21)33-23(35)19-11-20(32-12-31-19)24(36)34-18-10-14(26)8-16(28)22(18)38-6-4-30-2/h7-12,29-30H,3-6,27-28H2,1-2H3,(H,33,35)(H,34,36). The van der Waals surface area contributed by atoms with E-state index >= 15 is 0 Å². The Kier molecular flexibility index (Phi) is 11.7. The minimum absolute atomic E-state index is 0.0345. The van der Waals surface area contributed by atoms with Gasteiger partial charge in [-0.1, -0.05) is 31.9 Å². The van der Waals surface area contributed by atoms with Gasteiger partial charge in [-0.05, 0) is 38.4 Å². The largest absolute Gasteiger partial charge is 0.398 e. The first-order valence-corrected chi connectivity index (χ1v) is 15.0. The summed E-state index contributed by atoms with van der Waals surface area (Å²) in [6.45, 7) is 1.55. The Morgan fingerprint density at radius 1 is 0.763 bits per heavy atom. The van der Waals surface area contributed by atoms with Crippen LogP contribution in [0, 0.1) is 0 Å². The molecule has 0 saturated heterocycles. The van der Waals surface area contributed by atoms with Crippen molar-refractivity contribution >= 4 is 89.9 Å². The third-order valence-electron chi connectivity index (χ3n) is 4.99. The molecule has 0 radical (unpaired) electrons. The van der Waals surface area contributed by atoms with E-state index in [0.717, 1.165) is 43.3 Å². The first-order valence-electron chi connectivity index (χ1n) is 11.4. The fourth-order valence-electron chi connectivity index (χ4n) is 3.23. The molecule has 0 aliphatic carbocycles. The van der Waals surface area contributed by atoms with Gasteiger partial charge in [0.05, 0.1) is 21.2 Å². The van der Waals surface area contributed by atoms with E-state index < -0.39 is 11.8 Å². The maximum atomic E-state index is 13.1. The normalized spacial score (nSPS) is 10.8. The summed E-state index contributed by atoms with van der Waals surface area (Å²) >= 11 is 9.90. The first kappa shape index (κ1) is 30.2. The molecule has 0 fully saturated rings. The van der Waals surface area contributed by atoms with Gasteiger partial charge in [0.1, 0.15) is 17.7 Å². The molecule has 0 saturated carbocycles. The molecule has 8 N–H and O–H groups in total. The number of amides is 2. The van der Waals surface area contributed by atoms with E-state index in [0.29, 0.717) is 22.7 Å². The summed E-state index contributed by atoms with van der Waals surface area (Å²) in [5.41, 5.74) is 14.6. The van der Waals surface area contributed by atoms with Crippen molar-refractivity contribution in [1.29, 1.82) is 0 Å². The van der Waals surface area contributed by atoms with Crippen LogP contribution in [0.25, 0.3) is 0 Å². The maximum Gasteiger partial charge on any atom is 0.274 e. The Labute approximate surface area is 246 Å². The van der Waals surface area contributed by atoms with Crippen LogP contribution in [0.3, 0.4) is 0 Å². The third kappa shape index (κ3) is 8.32. The molecule has 0 aliphatic rings. The van der Waals surface area contributed by atoms with Gasteiger partial charge in [0, 0.05) is 51.0 Å². The van der Waals surface area contributed by atoms with Crippen molar-refractivity contribution in [1.82, 2.24) is 20.6 Å². The Morgan fingerprint density at radius 3 is 1.58 bits per heavy atom. The van der Waals surface area contributed by atoms with E-state index in [9.17, 15) is 9.59 Å². The summed E-state index contributed by atoms with van der Waals surface area (Å²) in [4.78, 5) is 35.8. The zero-order valence-corrected chi connectivity index (χ0v) is 25.5. The number of aromatic nitrogens is 2. The molecule has 0 atom stereocenters. The number of halogens is 2. The highest BCUT2D eigenvalue weighted by molar-refractivity contribution is 9.10. The highest BCUT2D eigenvalue weighted by atomic mass is 79.9. The van der Waals surface area contributed by atoms with Crippen LogP contribution in [0.5, 0.6) is 0 Å². The number of carbonyl (C=O) groups is 2. The van der Waals surface area contributed by atoms with Crippen molar-refractivity contribution in [2.75, 3.05) is 60.8 Å². The molecule has 0 bridgehead atoms. The molecular formula is C24H28Br2N8O2S2. The van der Waals surface area contributed by atoms with Crippen molar-refractivity contribution in [3.8, 4) is 0 Å². The van der Waals surface area contributed by atoms with Crippen LogP contribution >= 0.6 is 55.4 Å². The van der Waals surface area contributed by atoms with E-state index in [1.165, 1.54) is 35.9 Å². The molecule has 2 amide bonds. The van der Waals surface area contributed by atoms with Gasteiger partial charge in [-0.3, -0.25) is 9.59 Å². The lowest BCUT2D eigenvalue weighted by molar-refractivity contribution is 0.102. The van der Waals surface area contributed by atoms with E-state index in [4.69, 9.17) is 11.5 Å². The molecule has 1 aromatic heterocycles. The molecule has 202 valence electrons. The number of thioether (sulfide) groups is 2. The van der Waals surface area contributed by atoms with E-state index in [1.54, 1.807) is 24.3 Å². The summed E-state index contributed by atoms with van der Waals surface area (Å²) in [5.74, 6) is 0.533. The predicted molar refractivity (Wildman–Crippen MR) is 164 cm³/mol. The van der Waals surface area contributed by atoms with E-state index in [-0.39, 0.29) is 11.4 Å². The van der Waals surface area contributed by atoms with Gasteiger partial charge in [-0.25, -0.2) is 9.97 Å². The third-order valence-corrected chi connectivity index (χ3v) is 8.21. The van der Waals surface area contributed by atoms with Crippen molar-refractivity contribution in [2.24, 2.45) is 0 Å². The van der Waals surface area contributed by atoms with Crippen LogP contribution in [0.15, 0.2) is 55.4 Å². The summed E-state index contributed by atoms with van der Waals surface area (Å²) in [7, 11) is 3.73. The van der Waals surface area contributed by atoms with Gasteiger partial charge in [-0.2, -0.15) is 0 Å². The second kappa shape index (κ2) is 14.7. The average Bonchev–Trinajstić information content (AvgIpc) is 2.87. The fraction of sp³-hybridized carbons (Fsp3) is 0.250. The number of carbonyl (C=O) groups excluding carboxylic acids is 2. The van der Waals surface area contributed by atoms with Crippen LogP contribution in [-0.2, 0) is 0 Å². The van der Waals surface area contributed by atoms with Gasteiger partial charge < -0.3 is 32.7 Å². The molecule has 10 nitrogen and oxygen atoms in total. The first-order chi connectivity index (χ1) is 18.2. The van der Waals surface area contributed by atoms with Crippen LogP contribution in [0.4, 0.5) is 22.7 Å². The number of hydrogen-bond acceptors (Lipinski definition) is 10. The monoisotopic (exact) mass is 682 g/mol. The zero-order chi connectivity index (χ0) is 27.7. The quantitative estimate of drug-likeness (QED) is 0.0923. The minimum atomic E-state index is -0.496. The Bertz CT molecular complexity index is 1220. The number of benzene rings is 2. The number of nitrogens with one attached hydrogen (secondary N) is 4. The summed E-state index contributed by atoms with van der Waals surface area (Å²) in [6, 6.07) is 8.45. The molecule has 0 spiro atoms. The molecule has 3 rings (SSSR count). The molecule has 0 unspecified atom stereocenters. The van der Waals surface area contributed by atoms with Crippen LogP contribution < -0.4 is 32.7 Å². The van der Waals surface area contributed by atoms with Crippen LogP contribution in [0.2, 0.25) is 0 Å². The van der Waals surface area contributed by atoms with Crippen molar-refractivity contribution in [3.05, 3.63) is 57.0 Å². The molecule has 14 heteroatoms. The highest BCUT2D eigenvalue weighted by Gasteiger charge is 2.18. The number of anilines is 4. The van der Waals surface area contributed by atoms with Crippen LogP contribution in [0.1, 0.15) is 21.0 Å². The SMILES string of the molecule is CNCCSc1c(N)cc(Br)cc1NC(=O)c1cc(C(=O)Nc2cc(Br)cc(N)c2SCCNC)ncn1. The second-order valence-electron chi connectivity index (χ2n) is 7.84. The molecule has 2 aromatic carbocycles. The van der Waals surface area contributed by atoms with Crippen molar-refractivity contribution in [2.45, 2.75) is 9.79 Å². The number of nitrogens with two attached hydrogens (primary N) is 2. The Hall–Kier alpha value is -2.36. The molecule has 0 aliphatic heterocycles. The summed E-state index contributed by atoms with van der Waals surface area (Å²) < 4.78 is 1.45. The zero-order valence-electron chi connectivity index (χ0n) is 20.7. The van der Waals surface area contributed by atoms with Gasteiger partial charge >= 0.3 is 0 Å². The van der Waals surface area contributed by atoms with Crippen molar-refractivity contribution in [3.63, 3.8) is 0 Å². The lowest BCUT2D eigenvalue weighted by Gasteiger charge is -2.15. The summed E-state index contributed by atoms with van der Waals surface area (Å²) in [6.07, 6.45) is 1.18. The number of nitrogen functional groups attached to an aromatic ring is 2. The second-order valence-corrected chi connectivity index (χ2v) is 11.9. The lowest BCUT2D eigenvalue weighted by Crippen LogP contribution is -2.19. The Morgan fingerprint density at radius 2 is 1.18 bits per heavy atom. The molecule has 1 heterocycles. The predicted octanol–water partition coefficient (Wildman–Crippen LogP) is 4.29. The Balaban J connectivity index is 1.81. The number of nitrogens with zero attached hydrogens (tertiary/aromatic N) is 2. The highest BCUT2D eigenvalue weighted by Crippen LogP contribution is 2.37. The molecule has 3 aromatic rings. The van der Waals surface area contributed by atoms with E-state index in [1.807, 2.05) is 14.1 Å². The molecule has 38 heavy (non-hydrogen) atoms. The van der Waals surface area contributed by atoms with Crippen molar-refractivity contribution < 1.29 is 9.59 Å². The maximum absolute atomic E-state index is 13.1. The number of rotatable bonds is 12. The molecular weight excluding hydrogens is 656 g/mol. The number of hydrogen-bond donors (Lipinski definition) is 6. The van der Waals surface area contributed by atoms with E-state index in [2.05, 4.69) is 63.1 Å². The van der Waals surface area contributed by atoms with Gasteiger partial charge in [0.15, 0.2) is 0 Å². The van der Waals surface area contributed by atoms with Gasteiger partial charge in [0.2, 0.25) is 0 Å². The summed E-state index contributed by atoms with van der Waals surface area (Å²) in [5, 5.41) is 11.9. The minimum Gasteiger partial charge on any atom is -0.398 e. The van der Waals surface area contributed by atoms with Gasteiger partial charge in [0.25, 0.3) is 11.8 Å². The smallest absolute Gasteiger partial charge is 0.274 e. The average molecular weight is 684 g/mol. The lowest BCUT2D eigenvalue weighted by atomic mass is 10.2. The fourth-order valence-corrected chi connectivity index (χ4v) is 6.18. The topological polar surface area (TPSA) is 160 Å².